The van der Waals surface area contributed by atoms with Gasteiger partial charge in [0.05, 0.1) is 6.61 Å². The summed E-state index contributed by atoms with van der Waals surface area (Å²) in [7, 11) is 0. The number of Topliss-reactive ketones (excluding diaryl/α,β-unsaturated/α-hetero) is 1. The summed E-state index contributed by atoms with van der Waals surface area (Å²) >= 11 is 0. The molecule has 0 heterocycles. The van der Waals surface area contributed by atoms with Gasteiger partial charge in [0.1, 0.15) is 12.2 Å². The lowest BCUT2D eigenvalue weighted by atomic mass is 10.1. The van der Waals surface area contributed by atoms with E-state index < -0.39 is 0 Å². The Hall–Kier alpha value is -0.860. The summed E-state index contributed by atoms with van der Waals surface area (Å²) in [6, 6.07) is 0. The van der Waals surface area contributed by atoms with Crippen LogP contribution >= 0.6 is 0 Å². The van der Waals surface area contributed by atoms with Gasteiger partial charge in [0.25, 0.3) is 0 Å². The van der Waals surface area contributed by atoms with Crippen molar-refractivity contribution in [1.82, 2.24) is 0 Å². The smallest absolute Gasteiger partial charge is 0.313 e. The molecule has 0 aliphatic rings. The van der Waals surface area contributed by atoms with Gasteiger partial charge in [-0.25, -0.2) is 0 Å². The van der Waals surface area contributed by atoms with Crippen LogP contribution in [-0.4, -0.2) is 18.4 Å². The number of unbranched alkanes of at least 4 members (excludes halogenated alkanes) is 16. The summed E-state index contributed by atoms with van der Waals surface area (Å²) in [5.41, 5.74) is 0. The fraction of sp³-hybridized carbons (Fsp3) is 0.920. The molecule has 3 heteroatoms. The zero-order chi connectivity index (χ0) is 20.7. The Balaban J connectivity index is 3.32. The molecule has 0 aromatic heterocycles. The Bertz CT molecular complexity index is 352. The van der Waals surface area contributed by atoms with E-state index in [-0.39, 0.29) is 18.2 Å². The van der Waals surface area contributed by atoms with Crippen LogP contribution in [0.1, 0.15) is 142 Å². The third-order valence-corrected chi connectivity index (χ3v) is 5.41. The number of carbonyl (C=O) groups excluding carboxylic acids is 2. The molecular formula is C25H48O3. The molecule has 0 spiro atoms. The normalized spacial score (nSPS) is 10.9. The van der Waals surface area contributed by atoms with Crippen molar-refractivity contribution in [2.75, 3.05) is 6.61 Å². The van der Waals surface area contributed by atoms with Gasteiger partial charge in [-0.15, -0.1) is 0 Å². The molecule has 0 rings (SSSR count). The molecule has 0 fully saturated rings. The van der Waals surface area contributed by atoms with Gasteiger partial charge in [-0.05, 0) is 12.8 Å². The number of esters is 1. The second kappa shape index (κ2) is 22.4. The predicted octanol–water partition coefficient (Wildman–Crippen LogP) is 7.94. The Morgan fingerprint density at radius 2 is 0.929 bits per heavy atom. The molecule has 166 valence electrons. The van der Waals surface area contributed by atoms with E-state index in [4.69, 9.17) is 4.74 Å². The van der Waals surface area contributed by atoms with Crippen LogP contribution in [0, 0.1) is 0 Å². The minimum absolute atomic E-state index is 0.0335. The topological polar surface area (TPSA) is 43.4 Å². The Morgan fingerprint density at radius 3 is 1.39 bits per heavy atom. The van der Waals surface area contributed by atoms with Crippen molar-refractivity contribution in [2.24, 2.45) is 0 Å². The van der Waals surface area contributed by atoms with Crippen LogP contribution in [0.3, 0.4) is 0 Å². The zero-order valence-corrected chi connectivity index (χ0v) is 19.1. The molecule has 0 aliphatic carbocycles. The second-order valence-corrected chi connectivity index (χ2v) is 8.34. The molecule has 0 bridgehead atoms. The number of carbonyl (C=O) groups is 2. The third kappa shape index (κ3) is 21.4. The van der Waals surface area contributed by atoms with Crippen molar-refractivity contribution in [3.63, 3.8) is 0 Å². The number of hydrogen-bond donors (Lipinski definition) is 0. The van der Waals surface area contributed by atoms with Gasteiger partial charge >= 0.3 is 5.97 Å². The van der Waals surface area contributed by atoms with Gasteiger partial charge in [-0.1, -0.05) is 117 Å². The van der Waals surface area contributed by atoms with Crippen molar-refractivity contribution in [3.05, 3.63) is 0 Å². The van der Waals surface area contributed by atoms with E-state index >= 15 is 0 Å². The molecule has 28 heavy (non-hydrogen) atoms. The van der Waals surface area contributed by atoms with E-state index in [0.717, 1.165) is 25.7 Å². The molecule has 0 saturated heterocycles. The molecule has 0 aromatic rings. The third-order valence-electron chi connectivity index (χ3n) is 5.41. The van der Waals surface area contributed by atoms with Gasteiger partial charge in [0, 0.05) is 6.42 Å². The summed E-state index contributed by atoms with van der Waals surface area (Å²) in [4.78, 5) is 23.5. The Kier molecular flexibility index (Phi) is 21.7. The summed E-state index contributed by atoms with van der Waals surface area (Å²) in [6.07, 6.45) is 22.9. The van der Waals surface area contributed by atoms with Crippen molar-refractivity contribution >= 4 is 11.8 Å². The molecule has 0 saturated carbocycles. The van der Waals surface area contributed by atoms with Crippen LogP contribution < -0.4 is 0 Å². The maximum Gasteiger partial charge on any atom is 0.313 e. The molecule has 0 radical (unpaired) electrons. The van der Waals surface area contributed by atoms with Gasteiger partial charge < -0.3 is 4.74 Å². The van der Waals surface area contributed by atoms with Crippen molar-refractivity contribution in [3.8, 4) is 0 Å². The van der Waals surface area contributed by atoms with Crippen LogP contribution in [0.2, 0.25) is 0 Å². The highest BCUT2D eigenvalue weighted by atomic mass is 16.5. The summed E-state index contributed by atoms with van der Waals surface area (Å²) < 4.78 is 5.21. The van der Waals surface area contributed by atoms with Crippen LogP contribution in [-0.2, 0) is 14.3 Å². The van der Waals surface area contributed by atoms with Gasteiger partial charge in [-0.2, -0.15) is 0 Å². The van der Waals surface area contributed by atoms with E-state index in [1.54, 1.807) is 0 Å². The fourth-order valence-corrected chi connectivity index (χ4v) is 3.53. The first-order valence-corrected chi connectivity index (χ1v) is 12.4. The SMILES string of the molecule is CCCCCCCCCCCCOC(=O)CC(=O)CCCCCCCCCC. The summed E-state index contributed by atoms with van der Waals surface area (Å²) in [5, 5.41) is 0. The van der Waals surface area contributed by atoms with Crippen LogP contribution in [0.15, 0.2) is 0 Å². The molecule has 0 aromatic carbocycles. The molecule has 0 unspecified atom stereocenters. The van der Waals surface area contributed by atoms with Crippen LogP contribution in [0.5, 0.6) is 0 Å². The highest BCUT2D eigenvalue weighted by Gasteiger charge is 2.10. The lowest BCUT2D eigenvalue weighted by Gasteiger charge is -2.05. The number of ketones is 1. The molecule has 0 amide bonds. The first-order chi connectivity index (χ1) is 13.7. The summed E-state index contributed by atoms with van der Waals surface area (Å²) in [5.74, 6) is -0.292. The number of ether oxygens (including phenoxy) is 1. The summed E-state index contributed by atoms with van der Waals surface area (Å²) in [6.45, 7) is 4.95. The number of rotatable bonds is 22. The second-order valence-electron chi connectivity index (χ2n) is 8.34. The Labute approximate surface area is 175 Å². The van der Waals surface area contributed by atoms with Gasteiger partial charge in [-0.3, -0.25) is 9.59 Å². The largest absolute Gasteiger partial charge is 0.465 e. The lowest BCUT2D eigenvalue weighted by molar-refractivity contribution is -0.146. The highest BCUT2D eigenvalue weighted by molar-refractivity contribution is 5.95. The number of hydrogen-bond acceptors (Lipinski definition) is 3. The van der Waals surface area contributed by atoms with Crippen molar-refractivity contribution in [1.29, 1.82) is 0 Å². The van der Waals surface area contributed by atoms with E-state index in [1.807, 2.05) is 0 Å². The quantitative estimate of drug-likeness (QED) is 0.106. The van der Waals surface area contributed by atoms with E-state index in [2.05, 4.69) is 13.8 Å². The zero-order valence-electron chi connectivity index (χ0n) is 19.1. The van der Waals surface area contributed by atoms with Gasteiger partial charge in [0.2, 0.25) is 0 Å². The maximum atomic E-state index is 11.8. The average molecular weight is 397 g/mol. The minimum atomic E-state index is -0.333. The molecular weight excluding hydrogens is 348 g/mol. The van der Waals surface area contributed by atoms with E-state index in [0.29, 0.717) is 13.0 Å². The minimum Gasteiger partial charge on any atom is -0.465 e. The molecule has 0 N–H and O–H groups in total. The molecule has 0 aliphatic heterocycles. The Morgan fingerprint density at radius 1 is 0.536 bits per heavy atom. The highest BCUT2D eigenvalue weighted by Crippen LogP contribution is 2.12. The van der Waals surface area contributed by atoms with Crippen LogP contribution in [0.4, 0.5) is 0 Å². The molecule has 0 atom stereocenters. The first-order valence-electron chi connectivity index (χ1n) is 12.4. The van der Waals surface area contributed by atoms with E-state index in [1.165, 1.54) is 89.9 Å². The monoisotopic (exact) mass is 396 g/mol. The maximum absolute atomic E-state index is 11.8. The van der Waals surface area contributed by atoms with E-state index in [9.17, 15) is 9.59 Å². The lowest BCUT2D eigenvalue weighted by Crippen LogP contribution is -2.12. The predicted molar refractivity (Wildman–Crippen MR) is 120 cm³/mol. The van der Waals surface area contributed by atoms with Gasteiger partial charge in [0.15, 0.2) is 0 Å². The van der Waals surface area contributed by atoms with Crippen molar-refractivity contribution in [2.45, 2.75) is 142 Å². The fourth-order valence-electron chi connectivity index (χ4n) is 3.53. The first kappa shape index (κ1) is 27.1. The van der Waals surface area contributed by atoms with Crippen molar-refractivity contribution < 1.29 is 14.3 Å². The standard InChI is InChI=1S/C25H48O3/c1-3-5-7-9-11-13-14-16-18-20-22-28-25(27)23-24(26)21-19-17-15-12-10-8-6-4-2/h3-23H2,1-2H3. The average Bonchev–Trinajstić information content (AvgIpc) is 2.68. The van der Waals surface area contributed by atoms with Crippen LogP contribution in [0.25, 0.3) is 0 Å². The molecule has 3 nitrogen and oxygen atoms in total.